The minimum absolute atomic E-state index is 0.0239. The number of benzene rings is 1. The number of nitrogens with two attached hydrogens (primary N) is 1. The molecule has 3 N–H and O–H groups in total. The number of primary amides is 1. The number of anilines is 1. The second kappa shape index (κ2) is 13.1. The number of thioether (sulfide) groups is 1. The topological polar surface area (TPSA) is 138 Å². The number of nitrogens with zero attached hydrogens (tertiary/aromatic N) is 3. The number of allylic oxidation sites excluding steroid dienone is 1. The molecular weight excluding hydrogens is 550 g/mol. The average Bonchev–Trinajstić information content (AvgIpc) is 3.43. The highest BCUT2D eigenvalue weighted by atomic mass is 32.2. The summed E-state index contributed by atoms with van der Waals surface area (Å²) in [6.07, 6.45) is 1.30. The van der Waals surface area contributed by atoms with Crippen molar-refractivity contribution in [1.29, 1.82) is 0 Å². The number of amides is 2. The number of thiophene rings is 1. The molecule has 3 rings (SSSR count). The minimum atomic E-state index is -0.686. The van der Waals surface area contributed by atoms with E-state index in [4.69, 9.17) is 15.2 Å². The predicted molar refractivity (Wildman–Crippen MR) is 157 cm³/mol. The number of rotatable bonds is 12. The van der Waals surface area contributed by atoms with E-state index in [1.165, 1.54) is 17.3 Å². The van der Waals surface area contributed by atoms with Gasteiger partial charge >= 0.3 is 5.97 Å². The molecular formula is C28H35N5O5S2. The van der Waals surface area contributed by atoms with Gasteiger partial charge in [0.1, 0.15) is 10.8 Å². The Morgan fingerprint density at radius 1 is 1.23 bits per heavy atom. The lowest BCUT2D eigenvalue weighted by atomic mass is 9.87. The fourth-order valence-electron chi connectivity index (χ4n) is 3.88. The summed E-state index contributed by atoms with van der Waals surface area (Å²) in [4.78, 5) is 37.4. The summed E-state index contributed by atoms with van der Waals surface area (Å²) < 4.78 is 13.1. The van der Waals surface area contributed by atoms with Crippen LogP contribution >= 0.6 is 23.1 Å². The minimum Gasteiger partial charge on any atom is -0.483 e. The van der Waals surface area contributed by atoms with Crippen molar-refractivity contribution in [3.63, 3.8) is 0 Å². The predicted octanol–water partition coefficient (Wildman–Crippen LogP) is 5.28. The molecule has 2 heterocycles. The molecule has 10 nitrogen and oxygen atoms in total. The number of hydrogen-bond donors (Lipinski definition) is 2. The number of ether oxygens (including phenoxy) is 2. The van der Waals surface area contributed by atoms with E-state index < -0.39 is 23.9 Å². The van der Waals surface area contributed by atoms with Crippen molar-refractivity contribution in [1.82, 2.24) is 14.8 Å². The molecule has 0 bridgehead atoms. The van der Waals surface area contributed by atoms with Gasteiger partial charge in [0.2, 0.25) is 5.91 Å². The molecule has 12 heteroatoms. The molecule has 3 aromatic rings. The van der Waals surface area contributed by atoms with Gasteiger partial charge in [0.05, 0.1) is 22.8 Å². The maximum absolute atomic E-state index is 12.9. The second-order valence-electron chi connectivity index (χ2n) is 9.96. The van der Waals surface area contributed by atoms with Crippen molar-refractivity contribution in [3.8, 4) is 5.75 Å². The van der Waals surface area contributed by atoms with E-state index in [1.54, 1.807) is 19.9 Å². The van der Waals surface area contributed by atoms with Crippen molar-refractivity contribution < 1.29 is 23.9 Å². The van der Waals surface area contributed by atoms with Crippen LogP contribution in [-0.2, 0) is 21.5 Å². The average molecular weight is 586 g/mol. The van der Waals surface area contributed by atoms with E-state index >= 15 is 0 Å². The highest BCUT2D eigenvalue weighted by Gasteiger charge is 2.26. The van der Waals surface area contributed by atoms with Gasteiger partial charge in [-0.2, -0.15) is 0 Å². The van der Waals surface area contributed by atoms with Crippen molar-refractivity contribution in [2.24, 2.45) is 5.73 Å². The molecule has 40 heavy (non-hydrogen) atoms. The quantitative estimate of drug-likeness (QED) is 0.166. The third-order valence-corrected chi connectivity index (χ3v) is 8.08. The molecule has 0 aliphatic rings. The Morgan fingerprint density at radius 3 is 2.48 bits per heavy atom. The van der Waals surface area contributed by atoms with Gasteiger partial charge in [-0.25, -0.2) is 4.79 Å². The molecule has 2 amide bonds. The van der Waals surface area contributed by atoms with Crippen molar-refractivity contribution in [2.75, 3.05) is 17.7 Å². The van der Waals surface area contributed by atoms with Crippen LogP contribution in [-0.4, -0.2) is 44.9 Å². The van der Waals surface area contributed by atoms with Gasteiger partial charge in [0.25, 0.3) is 5.91 Å². The lowest BCUT2D eigenvalue weighted by Gasteiger charge is -2.20. The summed E-state index contributed by atoms with van der Waals surface area (Å²) in [5.74, 6) is -0.443. The van der Waals surface area contributed by atoms with E-state index in [1.807, 2.05) is 35.8 Å². The monoisotopic (exact) mass is 585 g/mol. The molecule has 1 aromatic carbocycles. The Kier molecular flexibility index (Phi) is 10.2. The van der Waals surface area contributed by atoms with Crippen LogP contribution in [0.3, 0.4) is 0 Å². The number of hydrogen-bond acceptors (Lipinski definition) is 9. The molecule has 0 aliphatic heterocycles. The molecule has 0 saturated heterocycles. The largest absolute Gasteiger partial charge is 0.483 e. The summed E-state index contributed by atoms with van der Waals surface area (Å²) in [5, 5.41) is 12.0. The SMILES string of the molecule is C=CCn1c(SCC(=O)Nc2sc(C(N)=O)c(C)c2C(=O)OCC)nnc1C(C)Oc1ccc(C(C)(C)C)cc1. The summed E-state index contributed by atoms with van der Waals surface area (Å²) in [6.45, 7) is 16.0. The summed E-state index contributed by atoms with van der Waals surface area (Å²) >= 11 is 2.12. The molecule has 0 saturated carbocycles. The van der Waals surface area contributed by atoms with Crippen LogP contribution < -0.4 is 15.8 Å². The van der Waals surface area contributed by atoms with Crippen molar-refractivity contribution in [2.45, 2.75) is 64.8 Å². The molecule has 0 radical (unpaired) electrons. The van der Waals surface area contributed by atoms with Gasteiger partial charge in [-0.1, -0.05) is 50.7 Å². The first kappa shape index (κ1) is 30.9. The molecule has 214 valence electrons. The Morgan fingerprint density at radius 2 is 1.90 bits per heavy atom. The van der Waals surface area contributed by atoms with E-state index in [-0.39, 0.29) is 33.2 Å². The Balaban J connectivity index is 1.73. The number of carbonyl (C=O) groups excluding carboxylic acids is 3. The molecule has 2 aromatic heterocycles. The lowest BCUT2D eigenvalue weighted by Crippen LogP contribution is -2.17. The molecule has 0 spiro atoms. The van der Waals surface area contributed by atoms with Crippen LogP contribution in [0.2, 0.25) is 0 Å². The van der Waals surface area contributed by atoms with E-state index in [0.29, 0.717) is 28.8 Å². The van der Waals surface area contributed by atoms with Gasteiger partial charge in [0.15, 0.2) is 17.1 Å². The summed E-state index contributed by atoms with van der Waals surface area (Å²) in [7, 11) is 0. The second-order valence-corrected chi connectivity index (χ2v) is 11.9. The first-order chi connectivity index (χ1) is 18.9. The zero-order chi connectivity index (χ0) is 29.6. The van der Waals surface area contributed by atoms with Crippen molar-refractivity contribution in [3.05, 3.63) is 64.3 Å². The third-order valence-electron chi connectivity index (χ3n) is 5.89. The third kappa shape index (κ3) is 7.30. The molecule has 1 unspecified atom stereocenters. The van der Waals surface area contributed by atoms with Crippen LogP contribution in [0.5, 0.6) is 5.75 Å². The maximum Gasteiger partial charge on any atom is 0.341 e. The Bertz CT molecular complexity index is 1390. The fraction of sp³-hybridized carbons (Fsp3) is 0.393. The van der Waals surface area contributed by atoms with Crippen LogP contribution in [0.25, 0.3) is 0 Å². The van der Waals surface area contributed by atoms with Gasteiger partial charge < -0.3 is 20.5 Å². The highest BCUT2D eigenvalue weighted by Crippen LogP contribution is 2.34. The summed E-state index contributed by atoms with van der Waals surface area (Å²) in [6, 6.07) is 7.97. The van der Waals surface area contributed by atoms with Gasteiger partial charge in [-0.05, 0) is 49.4 Å². The molecule has 0 aliphatic carbocycles. The smallest absolute Gasteiger partial charge is 0.341 e. The highest BCUT2D eigenvalue weighted by molar-refractivity contribution is 7.99. The molecule has 0 fully saturated rings. The van der Waals surface area contributed by atoms with E-state index in [2.05, 4.69) is 42.9 Å². The lowest BCUT2D eigenvalue weighted by molar-refractivity contribution is -0.113. The number of carbonyl (C=O) groups is 3. The van der Waals surface area contributed by atoms with Crippen LogP contribution in [0, 0.1) is 6.92 Å². The Labute approximate surface area is 242 Å². The van der Waals surface area contributed by atoms with Crippen molar-refractivity contribution >= 4 is 45.9 Å². The zero-order valence-electron chi connectivity index (χ0n) is 23.6. The van der Waals surface area contributed by atoms with E-state index in [0.717, 1.165) is 11.3 Å². The Hall–Kier alpha value is -3.64. The maximum atomic E-state index is 12.9. The molecule has 1 atom stereocenters. The standard InChI is InChI=1S/C28H35N5O5S2/c1-8-14-33-24(17(4)38-19-12-10-18(11-13-19)28(5,6)7)31-32-27(33)39-15-20(34)30-25-21(26(36)37-9-2)16(3)22(40-25)23(29)35/h8,10-13,17H,1,9,14-15H2,2-7H3,(H2,29,35)(H,30,34). The summed E-state index contributed by atoms with van der Waals surface area (Å²) in [5.41, 5.74) is 7.19. The van der Waals surface area contributed by atoms with Gasteiger partial charge in [-0.15, -0.1) is 28.1 Å². The number of aromatic nitrogens is 3. The fourth-order valence-corrected chi connectivity index (χ4v) is 5.70. The number of esters is 1. The van der Waals surface area contributed by atoms with Crippen LogP contribution in [0.15, 0.2) is 42.1 Å². The van der Waals surface area contributed by atoms with Crippen LogP contribution in [0.1, 0.15) is 77.7 Å². The normalized spacial score (nSPS) is 12.1. The first-order valence-electron chi connectivity index (χ1n) is 12.7. The van der Waals surface area contributed by atoms with Gasteiger partial charge in [0, 0.05) is 6.54 Å². The zero-order valence-corrected chi connectivity index (χ0v) is 25.2. The van der Waals surface area contributed by atoms with E-state index in [9.17, 15) is 14.4 Å². The number of nitrogens with one attached hydrogen (secondary N) is 1. The van der Waals surface area contributed by atoms with Crippen LogP contribution in [0.4, 0.5) is 5.00 Å². The first-order valence-corrected chi connectivity index (χ1v) is 14.5. The van der Waals surface area contributed by atoms with Gasteiger partial charge in [-0.3, -0.25) is 14.2 Å².